The number of nitrogens with zero attached hydrogens (tertiary/aromatic N) is 1. The van der Waals surface area contributed by atoms with Gasteiger partial charge >= 0.3 is 0 Å². The first-order valence-corrected chi connectivity index (χ1v) is 6.44. The van der Waals surface area contributed by atoms with Gasteiger partial charge in [0.15, 0.2) is 0 Å². The number of likely N-dealkylation sites (tertiary alicyclic amines) is 1. The van der Waals surface area contributed by atoms with Crippen molar-refractivity contribution in [3.63, 3.8) is 0 Å². The first-order valence-electron chi connectivity index (χ1n) is 6.44. The Labute approximate surface area is 112 Å². The number of hydrogen-bond donors (Lipinski definition) is 3. The standard InChI is InChI=1S/C14H20FN3O/c1-14(19)2-4-18(5-3-14)9-10-6-11(13(16)17)8-12(15)7-10/h6-8,19H,2-5,9H2,1H3,(H3,16,17). The molecule has 4 nitrogen and oxygen atoms in total. The van der Waals surface area contributed by atoms with Gasteiger partial charge in [0.05, 0.1) is 5.60 Å². The molecule has 1 aliphatic heterocycles. The SMILES string of the molecule is CC1(O)CCN(Cc2cc(F)cc(C(=N)N)c2)CC1. The Morgan fingerprint density at radius 2 is 2.05 bits per heavy atom. The lowest BCUT2D eigenvalue weighted by Crippen LogP contribution is -2.41. The molecule has 1 fully saturated rings. The number of piperidine rings is 1. The number of halogens is 1. The molecule has 0 saturated carbocycles. The molecule has 19 heavy (non-hydrogen) atoms. The van der Waals surface area contributed by atoms with Crippen LogP contribution in [0.15, 0.2) is 18.2 Å². The third-order valence-electron chi connectivity index (χ3n) is 3.61. The zero-order valence-corrected chi connectivity index (χ0v) is 11.1. The summed E-state index contributed by atoms with van der Waals surface area (Å²) in [5.74, 6) is -0.492. The molecule has 0 bridgehead atoms. The van der Waals surface area contributed by atoms with Crippen LogP contribution in [-0.4, -0.2) is 34.5 Å². The highest BCUT2D eigenvalue weighted by Gasteiger charge is 2.27. The van der Waals surface area contributed by atoms with Crippen LogP contribution < -0.4 is 5.73 Å². The molecule has 0 radical (unpaired) electrons. The summed E-state index contributed by atoms with van der Waals surface area (Å²) in [5.41, 5.74) is 6.04. The van der Waals surface area contributed by atoms with E-state index in [0.717, 1.165) is 31.5 Å². The molecule has 0 unspecified atom stereocenters. The maximum Gasteiger partial charge on any atom is 0.124 e. The monoisotopic (exact) mass is 265 g/mol. The molecular weight excluding hydrogens is 245 g/mol. The third-order valence-corrected chi connectivity index (χ3v) is 3.61. The van der Waals surface area contributed by atoms with E-state index in [0.29, 0.717) is 12.1 Å². The number of nitrogens with two attached hydrogens (primary N) is 1. The molecule has 104 valence electrons. The second kappa shape index (κ2) is 5.27. The van der Waals surface area contributed by atoms with Crippen molar-refractivity contribution >= 4 is 5.84 Å². The lowest BCUT2D eigenvalue weighted by atomic mass is 9.93. The number of benzene rings is 1. The van der Waals surface area contributed by atoms with Gasteiger partial charge in [-0.2, -0.15) is 0 Å². The Kier molecular flexibility index (Phi) is 3.87. The number of nitrogens with one attached hydrogen (secondary N) is 1. The zero-order chi connectivity index (χ0) is 14.0. The van der Waals surface area contributed by atoms with Gasteiger partial charge in [0, 0.05) is 25.2 Å². The summed E-state index contributed by atoms with van der Waals surface area (Å²) in [4.78, 5) is 2.18. The van der Waals surface area contributed by atoms with E-state index >= 15 is 0 Å². The Morgan fingerprint density at radius 1 is 1.42 bits per heavy atom. The topological polar surface area (TPSA) is 73.3 Å². The lowest BCUT2D eigenvalue weighted by Gasteiger charge is -2.35. The molecule has 1 saturated heterocycles. The van der Waals surface area contributed by atoms with Crippen LogP contribution in [0.4, 0.5) is 4.39 Å². The van der Waals surface area contributed by atoms with Gasteiger partial charge in [0.25, 0.3) is 0 Å². The quantitative estimate of drug-likeness (QED) is 0.572. The zero-order valence-electron chi connectivity index (χ0n) is 11.1. The van der Waals surface area contributed by atoms with E-state index in [2.05, 4.69) is 4.90 Å². The summed E-state index contributed by atoms with van der Waals surface area (Å²) in [6, 6.07) is 4.49. The minimum atomic E-state index is -0.580. The van der Waals surface area contributed by atoms with Crippen molar-refractivity contribution < 1.29 is 9.50 Å². The molecule has 0 aliphatic carbocycles. The number of hydrogen-bond acceptors (Lipinski definition) is 3. The van der Waals surface area contributed by atoms with E-state index in [1.807, 2.05) is 6.92 Å². The average molecular weight is 265 g/mol. The number of aliphatic hydroxyl groups is 1. The van der Waals surface area contributed by atoms with Crippen LogP contribution in [0.3, 0.4) is 0 Å². The number of rotatable bonds is 3. The second-order valence-electron chi connectivity index (χ2n) is 5.53. The predicted octanol–water partition coefficient (Wildman–Crippen LogP) is 1.46. The first kappa shape index (κ1) is 14.0. The smallest absolute Gasteiger partial charge is 0.124 e. The average Bonchev–Trinajstić information content (AvgIpc) is 2.31. The highest BCUT2D eigenvalue weighted by molar-refractivity contribution is 5.95. The maximum absolute atomic E-state index is 13.5. The summed E-state index contributed by atoms with van der Waals surface area (Å²) >= 11 is 0. The van der Waals surface area contributed by atoms with Crippen molar-refractivity contribution in [3.05, 3.63) is 35.1 Å². The van der Waals surface area contributed by atoms with Crippen molar-refractivity contribution in [1.29, 1.82) is 5.41 Å². The van der Waals surface area contributed by atoms with Gasteiger partial charge in [0.1, 0.15) is 11.7 Å². The van der Waals surface area contributed by atoms with Gasteiger partial charge < -0.3 is 10.8 Å². The normalized spacial score (nSPS) is 19.3. The van der Waals surface area contributed by atoms with Crippen molar-refractivity contribution in [3.8, 4) is 0 Å². The van der Waals surface area contributed by atoms with Crippen LogP contribution in [0, 0.1) is 11.2 Å². The number of amidine groups is 1. The molecule has 2 rings (SSSR count). The van der Waals surface area contributed by atoms with Crippen LogP contribution in [0.1, 0.15) is 30.9 Å². The molecular formula is C14H20FN3O. The third kappa shape index (κ3) is 3.75. The van der Waals surface area contributed by atoms with E-state index < -0.39 is 5.60 Å². The van der Waals surface area contributed by atoms with Gasteiger partial charge in [0.2, 0.25) is 0 Å². The van der Waals surface area contributed by atoms with Crippen LogP contribution in [0.5, 0.6) is 0 Å². The molecule has 1 aromatic rings. The minimum absolute atomic E-state index is 0.123. The van der Waals surface area contributed by atoms with Crippen LogP contribution in [-0.2, 0) is 6.54 Å². The van der Waals surface area contributed by atoms with Crippen LogP contribution >= 0.6 is 0 Å². The van der Waals surface area contributed by atoms with Crippen molar-refractivity contribution in [2.24, 2.45) is 5.73 Å². The largest absolute Gasteiger partial charge is 0.390 e. The molecule has 1 aliphatic rings. The number of nitrogen functional groups attached to an aromatic ring is 1. The summed E-state index contributed by atoms with van der Waals surface area (Å²) in [5, 5.41) is 17.3. The van der Waals surface area contributed by atoms with Gasteiger partial charge in [-0.05, 0) is 43.5 Å². The molecule has 1 heterocycles. The Bertz CT molecular complexity index is 478. The minimum Gasteiger partial charge on any atom is -0.390 e. The molecule has 0 amide bonds. The van der Waals surface area contributed by atoms with Gasteiger partial charge in [-0.25, -0.2) is 4.39 Å². The van der Waals surface area contributed by atoms with Gasteiger partial charge in [-0.15, -0.1) is 0 Å². The van der Waals surface area contributed by atoms with Crippen molar-refractivity contribution in [2.45, 2.75) is 31.9 Å². The van der Waals surface area contributed by atoms with E-state index in [1.165, 1.54) is 12.1 Å². The van der Waals surface area contributed by atoms with Crippen LogP contribution in [0.25, 0.3) is 0 Å². The van der Waals surface area contributed by atoms with Crippen LogP contribution in [0.2, 0.25) is 0 Å². The summed E-state index contributed by atoms with van der Waals surface area (Å²) in [6.45, 7) is 4.05. The lowest BCUT2D eigenvalue weighted by molar-refractivity contribution is -0.00732. The first-order chi connectivity index (χ1) is 8.85. The fourth-order valence-corrected chi connectivity index (χ4v) is 2.35. The van der Waals surface area contributed by atoms with E-state index in [4.69, 9.17) is 11.1 Å². The van der Waals surface area contributed by atoms with Gasteiger partial charge in [-0.3, -0.25) is 10.3 Å². The van der Waals surface area contributed by atoms with Gasteiger partial charge in [-0.1, -0.05) is 0 Å². The Balaban J connectivity index is 2.05. The highest BCUT2D eigenvalue weighted by atomic mass is 19.1. The molecule has 0 spiro atoms. The highest BCUT2D eigenvalue weighted by Crippen LogP contribution is 2.22. The fraction of sp³-hybridized carbons (Fsp3) is 0.500. The molecule has 1 aromatic carbocycles. The Hall–Kier alpha value is -1.46. The van der Waals surface area contributed by atoms with E-state index in [-0.39, 0.29) is 11.7 Å². The fourth-order valence-electron chi connectivity index (χ4n) is 2.35. The summed E-state index contributed by atoms with van der Waals surface area (Å²) in [6.07, 6.45) is 1.45. The van der Waals surface area contributed by atoms with Crippen molar-refractivity contribution in [2.75, 3.05) is 13.1 Å². The molecule has 4 N–H and O–H groups in total. The summed E-state index contributed by atoms with van der Waals surface area (Å²) < 4.78 is 13.5. The van der Waals surface area contributed by atoms with E-state index in [9.17, 15) is 9.50 Å². The summed E-state index contributed by atoms with van der Waals surface area (Å²) in [7, 11) is 0. The molecule has 5 heteroatoms. The van der Waals surface area contributed by atoms with E-state index in [1.54, 1.807) is 6.07 Å². The molecule has 0 atom stereocenters. The second-order valence-corrected chi connectivity index (χ2v) is 5.53. The molecule has 0 aromatic heterocycles. The Morgan fingerprint density at radius 3 is 2.63 bits per heavy atom. The maximum atomic E-state index is 13.5. The van der Waals surface area contributed by atoms with Crippen molar-refractivity contribution in [1.82, 2.24) is 4.90 Å². The predicted molar refractivity (Wildman–Crippen MR) is 72.6 cm³/mol.